The number of ketones is 1. The van der Waals surface area contributed by atoms with Crippen LogP contribution in [0.5, 0.6) is 0 Å². The zero-order valence-electron chi connectivity index (χ0n) is 7.44. The van der Waals surface area contributed by atoms with Gasteiger partial charge in [0.05, 0.1) is 5.60 Å². The van der Waals surface area contributed by atoms with Gasteiger partial charge in [0.25, 0.3) is 0 Å². The third-order valence-electron chi connectivity index (χ3n) is 1.86. The molecule has 0 radical (unpaired) electrons. The first-order valence-electron chi connectivity index (χ1n) is 3.97. The summed E-state index contributed by atoms with van der Waals surface area (Å²) >= 11 is 17.0. The molecule has 0 aromatic rings. The van der Waals surface area contributed by atoms with Gasteiger partial charge in [-0.25, -0.2) is 0 Å². The first-order valence-corrected chi connectivity index (χ1v) is 5.10. The predicted molar refractivity (Wildman–Crippen MR) is 53.5 cm³/mol. The molecule has 1 aliphatic rings. The minimum absolute atomic E-state index is 0.0765. The highest BCUT2D eigenvalue weighted by atomic mass is 35.6. The summed E-state index contributed by atoms with van der Waals surface area (Å²) in [6, 6.07) is 0. The Morgan fingerprint density at radius 1 is 1.46 bits per heavy atom. The van der Waals surface area contributed by atoms with E-state index >= 15 is 0 Å². The van der Waals surface area contributed by atoms with Crippen LogP contribution in [0.4, 0.5) is 0 Å². The van der Waals surface area contributed by atoms with E-state index in [-0.39, 0.29) is 12.2 Å². The third-order valence-corrected chi connectivity index (χ3v) is 2.59. The molecule has 5 heteroatoms. The summed E-state index contributed by atoms with van der Waals surface area (Å²) in [5, 5.41) is 0. The summed E-state index contributed by atoms with van der Waals surface area (Å²) in [5.41, 5.74) is -0.524. The first-order chi connectivity index (χ1) is 5.71. The van der Waals surface area contributed by atoms with E-state index in [9.17, 15) is 4.79 Å². The van der Waals surface area contributed by atoms with Crippen LogP contribution in [-0.4, -0.2) is 21.3 Å². The SMILES string of the molecule is CC1(C)CC(=O)C[C@@H](C(Cl)(Cl)Cl)O1. The molecule has 0 saturated carbocycles. The van der Waals surface area contributed by atoms with Crippen LogP contribution in [0, 0.1) is 0 Å². The van der Waals surface area contributed by atoms with E-state index in [1.807, 2.05) is 13.8 Å². The Balaban J connectivity index is 2.74. The van der Waals surface area contributed by atoms with E-state index < -0.39 is 15.5 Å². The van der Waals surface area contributed by atoms with Crippen molar-refractivity contribution in [3.8, 4) is 0 Å². The molecule has 1 atom stereocenters. The molecule has 0 aromatic heterocycles. The number of halogens is 3. The van der Waals surface area contributed by atoms with Crippen LogP contribution in [0.3, 0.4) is 0 Å². The Hall–Kier alpha value is 0.500. The van der Waals surface area contributed by atoms with E-state index in [4.69, 9.17) is 39.5 Å². The van der Waals surface area contributed by atoms with Crippen molar-refractivity contribution in [1.82, 2.24) is 0 Å². The molecule has 13 heavy (non-hydrogen) atoms. The summed E-state index contributed by atoms with van der Waals surface area (Å²) in [6.07, 6.45) is -0.0711. The zero-order valence-corrected chi connectivity index (χ0v) is 9.71. The van der Waals surface area contributed by atoms with Crippen LogP contribution in [0.1, 0.15) is 26.7 Å². The average molecular weight is 246 g/mol. The molecule has 2 nitrogen and oxygen atoms in total. The number of carbonyl (C=O) groups is 1. The van der Waals surface area contributed by atoms with Crippen molar-refractivity contribution in [3.63, 3.8) is 0 Å². The summed E-state index contributed by atoms with van der Waals surface area (Å²) in [5.74, 6) is 0.0765. The Kier molecular flexibility index (Phi) is 3.18. The van der Waals surface area contributed by atoms with Crippen LogP contribution in [0.25, 0.3) is 0 Å². The van der Waals surface area contributed by atoms with Crippen LogP contribution < -0.4 is 0 Å². The van der Waals surface area contributed by atoms with Gasteiger partial charge in [-0.15, -0.1) is 0 Å². The lowest BCUT2D eigenvalue weighted by Gasteiger charge is -2.37. The maximum atomic E-state index is 11.3. The van der Waals surface area contributed by atoms with Crippen LogP contribution >= 0.6 is 34.8 Å². The van der Waals surface area contributed by atoms with Crippen LogP contribution in [0.2, 0.25) is 0 Å². The molecular weight excluding hydrogens is 234 g/mol. The molecule has 1 saturated heterocycles. The van der Waals surface area contributed by atoms with Crippen LogP contribution in [0.15, 0.2) is 0 Å². The van der Waals surface area contributed by atoms with Crippen molar-refractivity contribution in [2.45, 2.75) is 42.2 Å². The molecule has 0 aromatic carbocycles. The summed E-state index contributed by atoms with van der Waals surface area (Å²) in [6.45, 7) is 3.63. The fourth-order valence-corrected chi connectivity index (χ4v) is 1.77. The van der Waals surface area contributed by atoms with Gasteiger partial charge in [0, 0.05) is 12.8 Å². The molecule has 0 unspecified atom stereocenters. The van der Waals surface area contributed by atoms with Gasteiger partial charge >= 0.3 is 0 Å². The van der Waals surface area contributed by atoms with Crippen molar-refractivity contribution in [1.29, 1.82) is 0 Å². The van der Waals surface area contributed by atoms with Gasteiger partial charge in [-0.2, -0.15) is 0 Å². The number of hydrogen-bond donors (Lipinski definition) is 0. The first kappa shape index (κ1) is 11.6. The van der Waals surface area contributed by atoms with Crippen molar-refractivity contribution in [2.75, 3.05) is 0 Å². The van der Waals surface area contributed by atoms with E-state index in [1.54, 1.807) is 0 Å². The smallest absolute Gasteiger partial charge is 0.216 e. The Bertz CT molecular complexity index is 220. The van der Waals surface area contributed by atoms with Gasteiger partial charge in [-0.05, 0) is 13.8 Å². The highest BCUT2D eigenvalue weighted by Gasteiger charge is 2.43. The lowest BCUT2D eigenvalue weighted by molar-refractivity contribution is -0.147. The lowest BCUT2D eigenvalue weighted by Crippen LogP contribution is -2.45. The van der Waals surface area contributed by atoms with Gasteiger partial charge < -0.3 is 4.74 Å². The number of carbonyl (C=O) groups excluding carboxylic acids is 1. The van der Waals surface area contributed by atoms with Crippen molar-refractivity contribution < 1.29 is 9.53 Å². The van der Waals surface area contributed by atoms with Gasteiger partial charge in [0.1, 0.15) is 11.9 Å². The number of Topliss-reactive ketones (excluding diaryl/α,β-unsaturated/α-hetero) is 1. The van der Waals surface area contributed by atoms with Crippen molar-refractivity contribution >= 4 is 40.6 Å². The van der Waals surface area contributed by atoms with E-state index in [0.717, 1.165) is 0 Å². The van der Waals surface area contributed by atoms with E-state index in [2.05, 4.69) is 0 Å². The molecule has 76 valence electrons. The van der Waals surface area contributed by atoms with E-state index in [1.165, 1.54) is 0 Å². The fraction of sp³-hybridized carbons (Fsp3) is 0.875. The molecular formula is C8H11Cl3O2. The lowest BCUT2D eigenvalue weighted by atomic mass is 9.94. The molecule has 1 fully saturated rings. The second kappa shape index (κ2) is 3.58. The maximum Gasteiger partial charge on any atom is 0.216 e. The van der Waals surface area contributed by atoms with Gasteiger partial charge in [0.15, 0.2) is 0 Å². The van der Waals surface area contributed by atoms with Crippen molar-refractivity contribution in [2.24, 2.45) is 0 Å². The Labute approximate surface area is 92.5 Å². The number of ether oxygens (including phenoxy) is 1. The van der Waals surface area contributed by atoms with Crippen LogP contribution in [-0.2, 0) is 9.53 Å². The number of rotatable bonds is 0. The summed E-state index contributed by atoms with van der Waals surface area (Å²) in [4.78, 5) is 11.3. The summed E-state index contributed by atoms with van der Waals surface area (Å²) < 4.78 is 3.97. The molecule has 0 bridgehead atoms. The quantitative estimate of drug-likeness (QED) is 0.614. The molecule has 1 rings (SSSR count). The largest absolute Gasteiger partial charge is 0.367 e. The molecule has 0 N–H and O–H groups in total. The minimum atomic E-state index is -1.52. The number of alkyl halides is 3. The Morgan fingerprint density at radius 3 is 2.38 bits per heavy atom. The fourth-order valence-electron chi connectivity index (χ4n) is 1.40. The molecule has 0 aliphatic carbocycles. The monoisotopic (exact) mass is 244 g/mol. The Morgan fingerprint density at radius 2 is 2.00 bits per heavy atom. The van der Waals surface area contributed by atoms with Gasteiger partial charge in [0.2, 0.25) is 3.79 Å². The highest BCUT2D eigenvalue weighted by Crippen LogP contribution is 2.39. The topological polar surface area (TPSA) is 26.3 Å². The van der Waals surface area contributed by atoms with Gasteiger partial charge in [-0.3, -0.25) is 4.79 Å². The molecule has 0 amide bonds. The summed E-state index contributed by atoms with van der Waals surface area (Å²) in [7, 11) is 0. The zero-order chi connectivity index (χ0) is 10.3. The predicted octanol–water partition coefficient (Wildman–Crippen LogP) is 2.88. The molecule has 1 heterocycles. The van der Waals surface area contributed by atoms with E-state index in [0.29, 0.717) is 6.42 Å². The second-order valence-corrected chi connectivity index (χ2v) is 6.20. The molecule has 1 aliphatic heterocycles. The number of hydrogen-bond acceptors (Lipinski definition) is 2. The molecule has 0 spiro atoms. The third kappa shape index (κ3) is 3.28. The standard InChI is InChI=1S/C8H11Cl3O2/c1-7(2)4-5(12)3-6(13-7)8(9,10)11/h6H,3-4H2,1-2H3/t6-/m0/s1. The van der Waals surface area contributed by atoms with Crippen molar-refractivity contribution in [3.05, 3.63) is 0 Å². The maximum absolute atomic E-state index is 11.3. The highest BCUT2D eigenvalue weighted by molar-refractivity contribution is 6.68. The van der Waals surface area contributed by atoms with Gasteiger partial charge in [-0.1, -0.05) is 34.8 Å². The normalized spacial score (nSPS) is 29.0. The minimum Gasteiger partial charge on any atom is -0.367 e. The average Bonchev–Trinajstić information content (AvgIpc) is 1.79. The second-order valence-electron chi connectivity index (χ2n) is 3.83.